The summed E-state index contributed by atoms with van der Waals surface area (Å²) in [5, 5.41) is 25.8. The van der Waals surface area contributed by atoms with Crippen LogP contribution >= 0.6 is 11.6 Å². The van der Waals surface area contributed by atoms with Gasteiger partial charge in [-0.3, -0.25) is 10.1 Å². The first-order valence-corrected chi connectivity index (χ1v) is 10.7. The molecule has 6 nitrogen and oxygen atoms in total. The van der Waals surface area contributed by atoms with E-state index in [9.17, 15) is 23.8 Å². The molecule has 1 amide bonds. The summed E-state index contributed by atoms with van der Waals surface area (Å²) in [5.41, 5.74) is 1.27. The normalized spacial score (nSPS) is 16.8. The number of aliphatic hydroxyl groups is 2. The lowest BCUT2D eigenvalue weighted by atomic mass is 9.99. The van der Waals surface area contributed by atoms with Crippen molar-refractivity contribution in [3.05, 3.63) is 82.9 Å². The van der Waals surface area contributed by atoms with Crippen LogP contribution in [0.5, 0.6) is 0 Å². The third kappa shape index (κ3) is 4.84. The van der Waals surface area contributed by atoms with Gasteiger partial charge >= 0.3 is 0 Å². The predicted molar refractivity (Wildman–Crippen MR) is 123 cm³/mol. The Labute approximate surface area is 194 Å². The van der Waals surface area contributed by atoms with E-state index in [-0.39, 0.29) is 24.4 Å². The zero-order chi connectivity index (χ0) is 23.5. The standard InChI is InChI=1S/C24H22ClF2N3O3/c25-15-5-7-16(8-6-15)28-24(33)29-19-11-12-30(23(19)32)20-10-9-18(21(26)22(20)27)17-4-2-1-3-14(17)13-31/h1-10,19,24,28-29,31,33H,11-13H2/t19-,24?/m1/s1. The molecule has 1 aliphatic rings. The highest BCUT2D eigenvalue weighted by molar-refractivity contribution is 6.30. The summed E-state index contributed by atoms with van der Waals surface area (Å²) in [7, 11) is 0. The van der Waals surface area contributed by atoms with Crippen molar-refractivity contribution in [2.45, 2.75) is 25.4 Å². The van der Waals surface area contributed by atoms with Gasteiger partial charge in [-0.1, -0.05) is 35.9 Å². The van der Waals surface area contributed by atoms with Gasteiger partial charge in [0, 0.05) is 22.8 Å². The van der Waals surface area contributed by atoms with Crippen LogP contribution in [0.15, 0.2) is 60.7 Å². The summed E-state index contributed by atoms with van der Waals surface area (Å²) in [5.74, 6) is -2.72. The Morgan fingerprint density at radius 1 is 1.03 bits per heavy atom. The molecular formula is C24H22ClF2N3O3. The van der Waals surface area contributed by atoms with Crippen LogP contribution in [-0.2, 0) is 11.4 Å². The molecule has 9 heteroatoms. The van der Waals surface area contributed by atoms with Crippen molar-refractivity contribution in [1.29, 1.82) is 0 Å². The molecule has 2 atom stereocenters. The van der Waals surface area contributed by atoms with Gasteiger partial charge in [0.15, 0.2) is 18.0 Å². The third-order valence-corrected chi connectivity index (χ3v) is 5.79. The molecule has 0 bridgehead atoms. The van der Waals surface area contributed by atoms with Crippen LogP contribution in [0, 0.1) is 11.6 Å². The molecule has 0 saturated carbocycles. The molecule has 0 spiro atoms. The predicted octanol–water partition coefficient (Wildman–Crippen LogP) is 3.86. The lowest BCUT2D eigenvalue weighted by Crippen LogP contribution is -2.47. The van der Waals surface area contributed by atoms with Gasteiger partial charge in [0.1, 0.15) is 0 Å². The fraction of sp³-hybridized carbons (Fsp3) is 0.208. The fourth-order valence-corrected chi connectivity index (χ4v) is 4.01. The number of rotatable bonds is 7. The summed E-state index contributed by atoms with van der Waals surface area (Å²) >= 11 is 5.84. The van der Waals surface area contributed by atoms with Crippen molar-refractivity contribution >= 4 is 28.9 Å². The van der Waals surface area contributed by atoms with E-state index in [1.165, 1.54) is 12.1 Å². The van der Waals surface area contributed by atoms with E-state index in [4.69, 9.17) is 11.6 Å². The maximum atomic E-state index is 15.0. The molecule has 3 aromatic rings. The molecule has 1 saturated heterocycles. The topological polar surface area (TPSA) is 84.8 Å². The Morgan fingerprint density at radius 2 is 1.76 bits per heavy atom. The molecule has 1 fully saturated rings. The van der Waals surface area contributed by atoms with Crippen molar-refractivity contribution in [1.82, 2.24) is 5.32 Å². The van der Waals surface area contributed by atoms with E-state index in [2.05, 4.69) is 10.6 Å². The summed E-state index contributed by atoms with van der Waals surface area (Å²) in [4.78, 5) is 14.0. The van der Waals surface area contributed by atoms with E-state index in [0.29, 0.717) is 28.3 Å². The highest BCUT2D eigenvalue weighted by atomic mass is 35.5. The zero-order valence-corrected chi connectivity index (χ0v) is 18.2. The fourth-order valence-electron chi connectivity index (χ4n) is 3.89. The van der Waals surface area contributed by atoms with Gasteiger partial charge in [-0.15, -0.1) is 0 Å². The van der Waals surface area contributed by atoms with Crippen molar-refractivity contribution in [2.75, 3.05) is 16.8 Å². The number of aliphatic hydroxyl groups excluding tert-OH is 2. The molecule has 4 rings (SSSR count). The van der Waals surface area contributed by atoms with Crippen LogP contribution < -0.4 is 15.5 Å². The van der Waals surface area contributed by atoms with Gasteiger partial charge < -0.3 is 20.4 Å². The molecular weight excluding hydrogens is 452 g/mol. The van der Waals surface area contributed by atoms with Crippen LogP contribution in [0.3, 0.4) is 0 Å². The van der Waals surface area contributed by atoms with Gasteiger partial charge in [-0.25, -0.2) is 8.78 Å². The Balaban J connectivity index is 1.49. The first kappa shape index (κ1) is 23.1. The van der Waals surface area contributed by atoms with Crippen molar-refractivity contribution < 1.29 is 23.8 Å². The van der Waals surface area contributed by atoms with Crippen molar-refractivity contribution in [2.24, 2.45) is 0 Å². The Kier molecular flexibility index (Phi) is 6.90. The molecule has 0 radical (unpaired) electrons. The average Bonchev–Trinajstić information content (AvgIpc) is 3.17. The summed E-state index contributed by atoms with van der Waals surface area (Å²) in [6, 6.07) is 15.2. The van der Waals surface area contributed by atoms with Crippen LogP contribution in [0.25, 0.3) is 11.1 Å². The number of hydrogen-bond acceptors (Lipinski definition) is 5. The number of nitrogens with one attached hydrogen (secondary N) is 2. The second-order valence-electron chi connectivity index (χ2n) is 7.63. The lowest BCUT2D eigenvalue weighted by molar-refractivity contribution is -0.119. The lowest BCUT2D eigenvalue weighted by Gasteiger charge is -2.21. The number of amides is 1. The molecule has 3 aromatic carbocycles. The number of halogens is 3. The minimum absolute atomic E-state index is 0.00445. The van der Waals surface area contributed by atoms with Gasteiger partial charge in [0.25, 0.3) is 0 Å². The van der Waals surface area contributed by atoms with Crippen LogP contribution in [0.1, 0.15) is 12.0 Å². The quantitative estimate of drug-likeness (QED) is 0.392. The average molecular weight is 474 g/mol. The molecule has 33 heavy (non-hydrogen) atoms. The highest BCUT2D eigenvalue weighted by Gasteiger charge is 2.35. The maximum Gasteiger partial charge on any atom is 0.244 e. The first-order valence-electron chi connectivity index (χ1n) is 10.3. The van der Waals surface area contributed by atoms with Gasteiger partial charge in [0.05, 0.1) is 18.3 Å². The summed E-state index contributed by atoms with van der Waals surface area (Å²) in [6.07, 6.45) is -0.937. The van der Waals surface area contributed by atoms with Gasteiger partial charge in [-0.05, 0) is 53.9 Å². The van der Waals surface area contributed by atoms with E-state index in [1.807, 2.05) is 0 Å². The Bertz CT molecular complexity index is 1160. The Morgan fingerprint density at radius 3 is 2.48 bits per heavy atom. The SMILES string of the molecule is O=C1[C@H](NC(O)Nc2ccc(Cl)cc2)CCN1c1ccc(-c2ccccc2CO)c(F)c1F. The van der Waals surface area contributed by atoms with Crippen LogP contribution in [0.2, 0.25) is 5.02 Å². The monoisotopic (exact) mass is 473 g/mol. The summed E-state index contributed by atoms with van der Waals surface area (Å²) in [6.45, 7) is -0.156. The number of carbonyl (C=O) groups excluding carboxylic acids is 1. The van der Waals surface area contributed by atoms with Crippen molar-refractivity contribution in [3.63, 3.8) is 0 Å². The largest absolute Gasteiger partial charge is 0.392 e. The van der Waals surface area contributed by atoms with Crippen molar-refractivity contribution in [3.8, 4) is 11.1 Å². The molecule has 172 valence electrons. The van der Waals surface area contributed by atoms with Gasteiger partial charge in [0.2, 0.25) is 5.91 Å². The number of benzene rings is 3. The second-order valence-corrected chi connectivity index (χ2v) is 8.06. The number of carbonyl (C=O) groups is 1. The van der Waals surface area contributed by atoms with E-state index >= 15 is 0 Å². The molecule has 4 N–H and O–H groups in total. The number of hydrogen-bond donors (Lipinski definition) is 4. The molecule has 1 aliphatic heterocycles. The summed E-state index contributed by atoms with van der Waals surface area (Å²) < 4.78 is 29.9. The number of nitrogens with zero attached hydrogens (tertiary/aromatic N) is 1. The highest BCUT2D eigenvalue weighted by Crippen LogP contribution is 2.34. The van der Waals surface area contributed by atoms with E-state index in [0.717, 1.165) is 4.90 Å². The van der Waals surface area contributed by atoms with Gasteiger partial charge in [-0.2, -0.15) is 0 Å². The van der Waals surface area contributed by atoms with E-state index in [1.54, 1.807) is 48.5 Å². The van der Waals surface area contributed by atoms with Crippen LogP contribution in [-0.4, -0.2) is 35.1 Å². The Hall–Kier alpha value is -3.04. The molecule has 1 unspecified atom stereocenters. The third-order valence-electron chi connectivity index (χ3n) is 5.54. The molecule has 1 heterocycles. The minimum atomic E-state index is -1.24. The van der Waals surface area contributed by atoms with E-state index < -0.39 is 29.9 Å². The smallest absolute Gasteiger partial charge is 0.244 e. The molecule has 0 aliphatic carbocycles. The second kappa shape index (κ2) is 9.84. The number of anilines is 2. The molecule has 0 aromatic heterocycles. The minimum Gasteiger partial charge on any atom is -0.392 e. The zero-order valence-electron chi connectivity index (χ0n) is 17.4. The maximum absolute atomic E-state index is 15.0. The first-order chi connectivity index (χ1) is 15.9. The van der Waals surface area contributed by atoms with Crippen LogP contribution in [0.4, 0.5) is 20.2 Å².